The van der Waals surface area contributed by atoms with Gasteiger partial charge >= 0.3 is 6.85 Å². The van der Waals surface area contributed by atoms with E-state index in [2.05, 4.69) is 177 Å². The van der Waals surface area contributed by atoms with Gasteiger partial charge in [0.25, 0.3) is 0 Å². The first kappa shape index (κ1) is 30.4. The van der Waals surface area contributed by atoms with Crippen LogP contribution < -0.4 is 15.8 Å². The number of anilines is 3. The van der Waals surface area contributed by atoms with Crippen molar-refractivity contribution in [3.63, 3.8) is 0 Å². The maximum Gasteiger partial charge on any atom is 0.333 e. The fraction of sp³-hybridized carbons (Fsp3) is 0.102. The number of nitrogens with zero attached hydrogens (tertiary/aromatic N) is 2. The van der Waals surface area contributed by atoms with E-state index in [0.717, 1.165) is 21.9 Å². The van der Waals surface area contributed by atoms with Crippen LogP contribution in [0.2, 0.25) is 0 Å². The van der Waals surface area contributed by atoms with Crippen LogP contribution >= 0.6 is 11.3 Å². The molecule has 0 radical (unpaired) electrons. The smallest absolute Gasteiger partial charge is 0.333 e. The van der Waals surface area contributed by atoms with Gasteiger partial charge in [-0.2, -0.15) is 0 Å². The summed E-state index contributed by atoms with van der Waals surface area (Å²) in [5.74, 6) is 0. The van der Waals surface area contributed by atoms with E-state index in [4.69, 9.17) is 4.42 Å². The molecule has 5 heterocycles. The molecule has 0 unspecified atom stereocenters. The molecule has 0 spiro atoms. The summed E-state index contributed by atoms with van der Waals surface area (Å²) >= 11 is 1.92. The minimum atomic E-state index is -0.0306. The second-order valence-electron chi connectivity index (χ2n) is 16.2. The molecule has 0 amide bonds. The van der Waals surface area contributed by atoms with E-state index >= 15 is 0 Å². The molecule has 54 heavy (non-hydrogen) atoms. The van der Waals surface area contributed by atoms with Crippen LogP contribution in [0.3, 0.4) is 0 Å². The van der Waals surface area contributed by atoms with Crippen molar-refractivity contribution in [2.45, 2.75) is 33.1 Å². The van der Waals surface area contributed by atoms with Crippen LogP contribution in [0.4, 0.5) is 17.1 Å². The maximum atomic E-state index is 6.68. The number of rotatable bonds is 2. The van der Waals surface area contributed by atoms with E-state index < -0.39 is 0 Å². The molecule has 0 N–H and O–H groups in total. The Kier molecular flexibility index (Phi) is 5.95. The second-order valence-corrected chi connectivity index (χ2v) is 17.2. The zero-order chi connectivity index (χ0) is 36.0. The quantitative estimate of drug-likeness (QED) is 0.167. The second kappa shape index (κ2) is 10.6. The molecule has 12 rings (SSSR count). The van der Waals surface area contributed by atoms with Crippen molar-refractivity contribution in [1.82, 2.24) is 4.48 Å². The summed E-state index contributed by atoms with van der Waals surface area (Å²) in [7, 11) is 0. The van der Waals surface area contributed by atoms with Crippen molar-refractivity contribution in [2.24, 2.45) is 0 Å². The monoisotopic (exact) mass is 710 g/mol. The third-order valence-electron chi connectivity index (χ3n) is 12.0. The molecule has 256 valence electrons. The molecule has 3 aromatic heterocycles. The lowest BCUT2D eigenvalue weighted by molar-refractivity contribution is 0.590. The molecule has 0 fully saturated rings. The van der Waals surface area contributed by atoms with Gasteiger partial charge in [0.2, 0.25) is 0 Å². The average molecular weight is 711 g/mol. The largest absolute Gasteiger partial charge is 0.456 e. The zero-order valence-electron chi connectivity index (χ0n) is 30.6. The number of furan rings is 1. The van der Waals surface area contributed by atoms with Gasteiger partial charge in [-0.15, -0.1) is 11.3 Å². The van der Waals surface area contributed by atoms with Crippen LogP contribution in [0, 0.1) is 6.92 Å². The van der Waals surface area contributed by atoms with Gasteiger partial charge in [0.05, 0.1) is 21.6 Å². The van der Waals surface area contributed by atoms with E-state index in [1.807, 2.05) is 11.3 Å². The van der Waals surface area contributed by atoms with Gasteiger partial charge in [0.15, 0.2) is 0 Å². The SMILES string of the molecule is Cc1cc2c3c(c1)N(c1ccc(C(C)(C)C)cc1-c1ccccc1)c1c(ccc4oc5ccccc5c14)B3n1c3sc4ccccc4c3c3cccc-2c31. The number of thiophene rings is 1. The summed E-state index contributed by atoms with van der Waals surface area (Å²) in [6.45, 7) is 9.14. The summed E-state index contributed by atoms with van der Waals surface area (Å²) < 4.78 is 10.7. The Balaban J connectivity index is 1.28. The molecule has 0 saturated heterocycles. The molecule has 2 aliphatic heterocycles. The Morgan fingerprint density at radius 1 is 0.611 bits per heavy atom. The van der Waals surface area contributed by atoms with Crippen molar-refractivity contribution < 1.29 is 4.42 Å². The number of fused-ring (bicyclic) bond motifs is 13. The molecule has 0 aliphatic carbocycles. The summed E-state index contributed by atoms with van der Waals surface area (Å²) in [5, 5.41) is 6.32. The number of benzene rings is 7. The van der Waals surface area contributed by atoms with Crippen LogP contribution in [0.15, 0.2) is 144 Å². The van der Waals surface area contributed by atoms with Gasteiger partial charge < -0.3 is 13.8 Å². The van der Waals surface area contributed by atoms with Crippen LogP contribution in [0.25, 0.3) is 75.4 Å². The van der Waals surface area contributed by atoms with Crippen molar-refractivity contribution in [3.8, 4) is 22.3 Å². The number of hydrogen-bond acceptors (Lipinski definition) is 3. The van der Waals surface area contributed by atoms with E-state index in [1.54, 1.807) is 0 Å². The van der Waals surface area contributed by atoms with Crippen molar-refractivity contribution >= 4 is 99.3 Å². The van der Waals surface area contributed by atoms with Gasteiger partial charge in [-0.1, -0.05) is 124 Å². The minimum Gasteiger partial charge on any atom is -0.456 e. The Morgan fingerprint density at radius 3 is 2.24 bits per heavy atom. The number of hydrogen-bond donors (Lipinski definition) is 0. The topological polar surface area (TPSA) is 21.3 Å². The normalized spacial score (nSPS) is 13.5. The highest BCUT2D eigenvalue weighted by molar-refractivity contribution is 7.26. The average Bonchev–Trinajstić information content (AvgIpc) is 3.86. The third kappa shape index (κ3) is 3.92. The fourth-order valence-corrected chi connectivity index (χ4v) is 10.9. The predicted octanol–water partition coefficient (Wildman–Crippen LogP) is 12.6. The van der Waals surface area contributed by atoms with Crippen LogP contribution in [0.5, 0.6) is 0 Å². The van der Waals surface area contributed by atoms with E-state index in [0.29, 0.717) is 0 Å². The highest BCUT2D eigenvalue weighted by atomic mass is 32.1. The van der Waals surface area contributed by atoms with Crippen LogP contribution in [-0.4, -0.2) is 11.3 Å². The molecule has 5 heteroatoms. The molecular formula is C49H35BN2OS. The third-order valence-corrected chi connectivity index (χ3v) is 13.1. The fourth-order valence-electron chi connectivity index (χ4n) is 9.62. The lowest BCUT2D eigenvalue weighted by Gasteiger charge is -2.41. The van der Waals surface area contributed by atoms with Gasteiger partial charge in [0, 0.05) is 48.6 Å². The van der Waals surface area contributed by atoms with Gasteiger partial charge in [0.1, 0.15) is 11.2 Å². The van der Waals surface area contributed by atoms with E-state index in [1.165, 1.54) is 92.6 Å². The molecule has 0 saturated carbocycles. The molecule has 3 nitrogen and oxygen atoms in total. The number of aryl methyl sites for hydroxylation is 1. The van der Waals surface area contributed by atoms with Crippen molar-refractivity contribution in [2.75, 3.05) is 4.90 Å². The molecule has 10 aromatic rings. The Hall–Kier alpha value is -6.04. The zero-order valence-corrected chi connectivity index (χ0v) is 31.4. The van der Waals surface area contributed by atoms with E-state index in [9.17, 15) is 0 Å². The Morgan fingerprint density at radius 2 is 1.39 bits per heavy atom. The number of para-hydroxylation sites is 2. The molecule has 0 atom stereocenters. The summed E-state index contributed by atoms with van der Waals surface area (Å²) in [5.41, 5.74) is 17.0. The van der Waals surface area contributed by atoms with Crippen LogP contribution in [-0.2, 0) is 5.41 Å². The lowest BCUT2D eigenvalue weighted by atomic mass is 9.45. The summed E-state index contributed by atoms with van der Waals surface area (Å²) in [6.07, 6.45) is 0. The lowest BCUT2D eigenvalue weighted by Crippen LogP contribution is -2.56. The number of aromatic nitrogens is 1. The van der Waals surface area contributed by atoms with Gasteiger partial charge in [-0.3, -0.25) is 0 Å². The van der Waals surface area contributed by atoms with Crippen molar-refractivity contribution in [3.05, 3.63) is 151 Å². The Bertz CT molecular complexity index is 3230. The Labute approximate surface area is 317 Å². The first-order valence-electron chi connectivity index (χ1n) is 18.9. The van der Waals surface area contributed by atoms with Crippen molar-refractivity contribution in [1.29, 1.82) is 0 Å². The van der Waals surface area contributed by atoms with Gasteiger partial charge in [-0.05, 0) is 81.9 Å². The van der Waals surface area contributed by atoms with Crippen LogP contribution in [0.1, 0.15) is 31.9 Å². The molecule has 0 bridgehead atoms. The molecular weight excluding hydrogens is 675 g/mol. The standard InChI is InChI=1S/C49H35BN2OS/c1-28-25-36-31-17-12-18-34-43-33-16-9-11-20-42(33)54-48(43)52(46(31)34)50-37-22-24-41-44(32-15-8-10-19-40(32)53-41)47(37)51(39(26-28)45(36)50)38-23-21-30(49(2,3)4)27-35(38)29-13-6-5-7-14-29/h5-27H,1-4H3. The molecule has 2 aliphatic rings. The minimum absolute atomic E-state index is 0.0113. The van der Waals surface area contributed by atoms with E-state index in [-0.39, 0.29) is 12.3 Å². The highest BCUT2D eigenvalue weighted by Gasteiger charge is 2.45. The first-order chi connectivity index (χ1) is 26.3. The highest BCUT2D eigenvalue weighted by Crippen LogP contribution is 2.52. The predicted molar refractivity (Wildman–Crippen MR) is 232 cm³/mol. The summed E-state index contributed by atoms with van der Waals surface area (Å²) in [4.78, 5) is 3.92. The maximum absolute atomic E-state index is 6.68. The first-order valence-corrected chi connectivity index (χ1v) is 19.7. The van der Waals surface area contributed by atoms with Gasteiger partial charge in [-0.25, -0.2) is 0 Å². The molecule has 7 aromatic carbocycles. The summed E-state index contributed by atoms with van der Waals surface area (Å²) in [6, 6.07) is 51.9.